The van der Waals surface area contributed by atoms with Crippen molar-refractivity contribution >= 4 is 23.6 Å². The molecule has 2 saturated carbocycles. The number of urea groups is 1. The summed E-state index contributed by atoms with van der Waals surface area (Å²) >= 11 is 0. The van der Waals surface area contributed by atoms with Crippen molar-refractivity contribution in [1.29, 1.82) is 10.7 Å². The minimum Gasteiger partial charge on any atom is -0.341 e. The number of guanidine groups is 1. The van der Waals surface area contributed by atoms with Crippen LogP contribution >= 0.6 is 0 Å². The first-order valence-electron chi connectivity index (χ1n) is 10.6. The van der Waals surface area contributed by atoms with E-state index in [9.17, 15) is 9.59 Å². The van der Waals surface area contributed by atoms with E-state index in [1.807, 2.05) is 0 Å². The van der Waals surface area contributed by atoms with Gasteiger partial charge in [-0.3, -0.25) is 15.1 Å². The van der Waals surface area contributed by atoms with Crippen LogP contribution < -0.4 is 16.0 Å². The Bertz CT molecular complexity index is 888. The second kappa shape index (κ2) is 7.98. The minimum atomic E-state index is -0.636. The van der Waals surface area contributed by atoms with Crippen molar-refractivity contribution in [3.8, 4) is 6.07 Å². The van der Waals surface area contributed by atoms with Crippen LogP contribution in [-0.4, -0.2) is 41.4 Å². The maximum absolute atomic E-state index is 12.9. The molecule has 158 valence electrons. The molecule has 2 aliphatic carbocycles. The number of carbonyl (C=O) groups is 2. The summed E-state index contributed by atoms with van der Waals surface area (Å²) in [7, 11) is 1.67. The van der Waals surface area contributed by atoms with Gasteiger partial charge in [0.25, 0.3) is 5.91 Å². The van der Waals surface area contributed by atoms with Crippen molar-refractivity contribution < 1.29 is 9.59 Å². The van der Waals surface area contributed by atoms with E-state index in [2.05, 4.69) is 22.0 Å². The molecule has 0 aromatic heterocycles. The zero-order valence-electron chi connectivity index (χ0n) is 17.2. The van der Waals surface area contributed by atoms with E-state index in [0.29, 0.717) is 23.1 Å². The first kappa shape index (κ1) is 20.2. The summed E-state index contributed by atoms with van der Waals surface area (Å²) in [6.07, 6.45) is 6.58. The third-order valence-corrected chi connectivity index (χ3v) is 6.64. The molecule has 4 N–H and O–H groups in total. The van der Waals surface area contributed by atoms with Crippen LogP contribution in [-0.2, 0) is 4.79 Å². The van der Waals surface area contributed by atoms with E-state index in [-0.39, 0.29) is 23.9 Å². The Morgan fingerprint density at radius 1 is 1.30 bits per heavy atom. The van der Waals surface area contributed by atoms with Gasteiger partial charge >= 0.3 is 6.03 Å². The smallest absolute Gasteiger partial charge is 0.319 e. The fourth-order valence-electron chi connectivity index (χ4n) is 4.95. The fourth-order valence-corrected chi connectivity index (χ4v) is 4.95. The lowest BCUT2D eigenvalue weighted by molar-refractivity contribution is -0.131. The number of anilines is 1. The molecule has 3 aliphatic rings. The van der Waals surface area contributed by atoms with Crippen LogP contribution in [0.5, 0.6) is 0 Å². The zero-order valence-corrected chi connectivity index (χ0v) is 17.2. The second-order valence-electron chi connectivity index (χ2n) is 8.80. The maximum atomic E-state index is 12.9. The third kappa shape index (κ3) is 3.97. The Morgan fingerprint density at radius 3 is 2.63 bits per heavy atom. The van der Waals surface area contributed by atoms with E-state index in [0.717, 1.165) is 44.9 Å². The first-order valence-corrected chi connectivity index (χ1v) is 10.6. The van der Waals surface area contributed by atoms with Crippen molar-refractivity contribution in [3.05, 3.63) is 29.8 Å². The lowest BCUT2D eigenvalue weighted by Crippen LogP contribution is -2.51. The molecule has 1 heterocycles. The monoisotopic (exact) mass is 408 g/mol. The van der Waals surface area contributed by atoms with Crippen LogP contribution in [0.3, 0.4) is 0 Å². The summed E-state index contributed by atoms with van der Waals surface area (Å²) in [5, 5.41) is 26.0. The number of likely N-dealkylation sites (N-methyl/N-ethyl adjacent to an activating group) is 1. The Labute approximate surface area is 176 Å². The lowest BCUT2D eigenvalue weighted by atomic mass is 9.75. The molecular formula is C22H28N6O2. The van der Waals surface area contributed by atoms with Gasteiger partial charge in [-0.05, 0) is 68.2 Å². The molecule has 1 aliphatic heterocycles. The summed E-state index contributed by atoms with van der Waals surface area (Å²) in [6.45, 7) is 0. The van der Waals surface area contributed by atoms with Gasteiger partial charge in [0.2, 0.25) is 0 Å². The number of hydrogen-bond acceptors (Lipinski definition) is 4. The normalized spacial score (nSPS) is 28.6. The standard InChI is InChI=1S/C22H28N6O2/c1-28-19(29)22(16-7-8-16,27-20(28)24)12-15-3-2-4-18(11-15)26-21(30)25-17-9-5-14(13-23)6-10-17/h5-6,9-10,15-16,18H,2-4,7-8,11-12H2,1H3,(H2,24,27)(H2,25,26,30)/t15-,18+,22+/m0/s1. The summed E-state index contributed by atoms with van der Waals surface area (Å²) in [5.41, 5.74) is 0.562. The van der Waals surface area contributed by atoms with Crippen LogP contribution in [0.25, 0.3) is 0 Å². The number of benzene rings is 1. The van der Waals surface area contributed by atoms with Gasteiger partial charge in [0.15, 0.2) is 5.96 Å². The highest BCUT2D eigenvalue weighted by Crippen LogP contribution is 2.47. The minimum absolute atomic E-state index is 0.0173. The molecule has 3 amide bonds. The van der Waals surface area contributed by atoms with Gasteiger partial charge in [-0.15, -0.1) is 0 Å². The predicted molar refractivity (Wildman–Crippen MR) is 113 cm³/mol. The van der Waals surface area contributed by atoms with Crippen LogP contribution in [0.1, 0.15) is 50.5 Å². The average Bonchev–Trinajstić information content (AvgIpc) is 3.55. The summed E-state index contributed by atoms with van der Waals surface area (Å²) in [6, 6.07) is 8.63. The van der Waals surface area contributed by atoms with Gasteiger partial charge in [-0.1, -0.05) is 12.8 Å². The number of hydrogen-bond donors (Lipinski definition) is 4. The second-order valence-corrected chi connectivity index (χ2v) is 8.80. The van der Waals surface area contributed by atoms with Crippen molar-refractivity contribution in [2.24, 2.45) is 11.8 Å². The van der Waals surface area contributed by atoms with Crippen LogP contribution in [0.15, 0.2) is 24.3 Å². The molecule has 3 atom stereocenters. The summed E-state index contributed by atoms with van der Waals surface area (Å²) in [5.74, 6) is 0.849. The van der Waals surface area contributed by atoms with Gasteiger partial charge in [-0.25, -0.2) is 4.79 Å². The van der Waals surface area contributed by atoms with Gasteiger partial charge in [-0.2, -0.15) is 5.26 Å². The highest BCUT2D eigenvalue weighted by molar-refractivity contribution is 6.08. The van der Waals surface area contributed by atoms with E-state index in [1.54, 1.807) is 31.3 Å². The fraction of sp³-hybridized carbons (Fsp3) is 0.545. The van der Waals surface area contributed by atoms with Crippen LogP contribution in [0.2, 0.25) is 0 Å². The molecular weight excluding hydrogens is 380 g/mol. The first-order chi connectivity index (χ1) is 14.4. The number of rotatable bonds is 5. The van der Waals surface area contributed by atoms with E-state index < -0.39 is 5.54 Å². The molecule has 0 unspecified atom stereocenters. The van der Waals surface area contributed by atoms with Crippen molar-refractivity contribution in [3.63, 3.8) is 0 Å². The third-order valence-electron chi connectivity index (χ3n) is 6.64. The molecule has 4 rings (SSSR count). The number of nitrogens with one attached hydrogen (secondary N) is 4. The Morgan fingerprint density at radius 2 is 2.03 bits per heavy atom. The van der Waals surface area contributed by atoms with E-state index >= 15 is 0 Å². The maximum Gasteiger partial charge on any atom is 0.319 e. The summed E-state index contributed by atoms with van der Waals surface area (Å²) in [4.78, 5) is 26.8. The van der Waals surface area contributed by atoms with Gasteiger partial charge in [0.05, 0.1) is 11.6 Å². The molecule has 0 radical (unpaired) electrons. The molecule has 1 saturated heterocycles. The molecule has 1 aromatic rings. The largest absolute Gasteiger partial charge is 0.341 e. The van der Waals surface area contributed by atoms with E-state index in [1.165, 1.54) is 4.90 Å². The average molecular weight is 409 g/mol. The highest BCUT2D eigenvalue weighted by Gasteiger charge is 2.57. The molecule has 0 spiro atoms. The Hall–Kier alpha value is -3.08. The molecule has 8 nitrogen and oxygen atoms in total. The number of nitriles is 1. The quantitative estimate of drug-likeness (QED) is 0.598. The van der Waals surface area contributed by atoms with Crippen molar-refractivity contribution in [2.45, 2.75) is 56.5 Å². The van der Waals surface area contributed by atoms with Gasteiger partial charge < -0.3 is 16.0 Å². The van der Waals surface area contributed by atoms with E-state index in [4.69, 9.17) is 10.7 Å². The molecule has 1 aromatic carbocycles. The molecule has 0 bridgehead atoms. The lowest BCUT2D eigenvalue weighted by Gasteiger charge is -2.36. The van der Waals surface area contributed by atoms with Crippen LogP contribution in [0, 0.1) is 28.6 Å². The van der Waals surface area contributed by atoms with Gasteiger partial charge in [0.1, 0.15) is 5.54 Å². The zero-order chi connectivity index (χ0) is 21.3. The summed E-state index contributed by atoms with van der Waals surface area (Å²) < 4.78 is 0. The number of carbonyl (C=O) groups excluding carboxylic acids is 2. The number of nitrogens with zero attached hydrogens (tertiary/aromatic N) is 2. The SMILES string of the molecule is CN1C(=N)N[C@](C[C@H]2CCC[C@@H](NC(=O)Nc3ccc(C#N)cc3)C2)(C2CC2)C1=O. The number of amides is 3. The molecule has 8 heteroatoms. The topological polar surface area (TPSA) is 121 Å². The molecule has 30 heavy (non-hydrogen) atoms. The highest BCUT2D eigenvalue weighted by atomic mass is 16.2. The molecule has 3 fully saturated rings. The van der Waals surface area contributed by atoms with Crippen molar-refractivity contribution in [2.75, 3.05) is 12.4 Å². The predicted octanol–water partition coefficient (Wildman–Crippen LogP) is 2.77. The Kier molecular flexibility index (Phi) is 5.37. The van der Waals surface area contributed by atoms with Crippen LogP contribution in [0.4, 0.5) is 10.5 Å². The van der Waals surface area contributed by atoms with Crippen molar-refractivity contribution in [1.82, 2.24) is 15.5 Å². The van der Waals surface area contributed by atoms with Gasteiger partial charge in [0, 0.05) is 18.8 Å². The Balaban J connectivity index is 1.35.